The van der Waals surface area contributed by atoms with E-state index < -0.39 is 0 Å². The minimum Gasteiger partial charge on any atom is -0.456 e. The summed E-state index contributed by atoms with van der Waals surface area (Å²) in [4.78, 5) is 26.1. The number of amides is 1. The van der Waals surface area contributed by atoms with E-state index in [9.17, 15) is 9.59 Å². The van der Waals surface area contributed by atoms with Gasteiger partial charge in [0.05, 0.1) is 0 Å². The van der Waals surface area contributed by atoms with Crippen LogP contribution in [0.15, 0.2) is 51.7 Å². The lowest BCUT2D eigenvalue weighted by atomic mass is 9.76. The maximum Gasteiger partial charge on any atom is 0.289 e. The summed E-state index contributed by atoms with van der Waals surface area (Å²) >= 11 is 0. The standard InChI is InChI=1S/C19H21NO3/c1-14-11-16(21)12-17(23-14)18(22)20-10-6-9-19(2,13-20)15-7-4-3-5-8-15/h3-5,7-8,11-12H,6,9-10,13H2,1-2H3/t19-/m1/s1. The van der Waals surface area contributed by atoms with Crippen LogP contribution in [-0.2, 0) is 5.41 Å². The molecule has 1 aromatic carbocycles. The van der Waals surface area contributed by atoms with Crippen LogP contribution in [0.4, 0.5) is 0 Å². The van der Waals surface area contributed by atoms with Gasteiger partial charge in [-0.1, -0.05) is 37.3 Å². The minimum atomic E-state index is -0.201. The third-order valence-corrected chi connectivity index (χ3v) is 4.55. The quantitative estimate of drug-likeness (QED) is 0.856. The highest BCUT2D eigenvalue weighted by Crippen LogP contribution is 2.34. The fourth-order valence-corrected chi connectivity index (χ4v) is 3.35. The molecule has 120 valence electrons. The zero-order valence-electron chi connectivity index (χ0n) is 13.5. The number of carbonyl (C=O) groups is 1. The summed E-state index contributed by atoms with van der Waals surface area (Å²) in [5.74, 6) is 0.392. The Hall–Kier alpha value is -2.36. The van der Waals surface area contributed by atoms with Crippen molar-refractivity contribution < 1.29 is 9.21 Å². The third kappa shape index (κ3) is 3.21. The van der Waals surface area contributed by atoms with Gasteiger partial charge in [0.1, 0.15) is 5.76 Å². The summed E-state index contributed by atoms with van der Waals surface area (Å²) < 4.78 is 5.46. The average molecular weight is 311 g/mol. The first-order valence-electron chi connectivity index (χ1n) is 7.95. The van der Waals surface area contributed by atoms with Gasteiger partial charge in [0.2, 0.25) is 0 Å². The number of hydrogen-bond donors (Lipinski definition) is 0. The number of piperidine rings is 1. The summed E-state index contributed by atoms with van der Waals surface area (Å²) in [7, 11) is 0. The van der Waals surface area contributed by atoms with Gasteiger partial charge in [0.25, 0.3) is 5.91 Å². The molecule has 2 heterocycles. The number of aryl methyl sites for hydroxylation is 1. The Balaban J connectivity index is 1.86. The predicted octanol–water partition coefficient (Wildman–Crippen LogP) is 3.14. The Labute approximate surface area is 135 Å². The molecule has 4 heteroatoms. The Morgan fingerprint density at radius 2 is 1.96 bits per heavy atom. The average Bonchev–Trinajstić information content (AvgIpc) is 2.54. The van der Waals surface area contributed by atoms with Crippen LogP contribution < -0.4 is 5.43 Å². The zero-order valence-corrected chi connectivity index (χ0v) is 13.5. The number of carbonyl (C=O) groups excluding carboxylic acids is 1. The van der Waals surface area contributed by atoms with Crippen molar-refractivity contribution in [3.63, 3.8) is 0 Å². The summed E-state index contributed by atoms with van der Waals surface area (Å²) in [5.41, 5.74) is 0.974. The van der Waals surface area contributed by atoms with E-state index in [4.69, 9.17) is 4.42 Å². The molecule has 0 bridgehead atoms. The highest BCUT2D eigenvalue weighted by molar-refractivity contribution is 5.91. The maximum absolute atomic E-state index is 12.7. The van der Waals surface area contributed by atoms with Crippen molar-refractivity contribution in [1.29, 1.82) is 0 Å². The summed E-state index contributed by atoms with van der Waals surface area (Å²) in [6.45, 7) is 5.20. The van der Waals surface area contributed by atoms with Gasteiger partial charge in [0, 0.05) is 30.6 Å². The van der Waals surface area contributed by atoms with Gasteiger partial charge in [-0.15, -0.1) is 0 Å². The fraction of sp³-hybridized carbons (Fsp3) is 0.368. The molecular weight excluding hydrogens is 290 g/mol. The fourth-order valence-electron chi connectivity index (χ4n) is 3.35. The third-order valence-electron chi connectivity index (χ3n) is 4.55. The zero-order chi connectivity index (χ0) is 16.4. The molecule has 1 aliphatic heterocycles. The van der Waals surface area contributed by atoms with Gasteiger partial charge in [0.15, 0.2) is 11.2 Å². The lowest BCUT2D eigenvalue weighted by Crippen LogP contribution is -2.47. The molecule has 0 N–H and O–H groups in total. The number of rotatable bonds is 2. The molecule has 1 aliphatic rings. The Morgan fingerprint density at radius 1 is 1.22 bits per heavy atom. The van der Waals surface area contributed by atoms with Gasteiger partial charge in [-0.3, -0.25) is 9.59 Å². The number of nitrogens with zero attached hydrogens (tertiary/aromatic N) is 1. The van der Waals surface area contributed by atoms with Crippen molar-refractivity contribution in [2.75, 3.05) is 13.1 Å². The smallest absolute Gasteiger partial charge is 0.289 e. The highest BCUT2D eigenvalue weighted by Gasteiger charge is 2.35. The van der Waals surface area contributed by atoms with Crippen molar-refractivity contribution in [2.24, 2.45) is 0 Å². The summed E-state index contributed by atoms with van der Waals surface area (Å²) in [6, 6.07) is 13.0. The van der Waals surface area contributed by atoms with E-state index in [0.29, 0.717) is 18.8 Å². The van der Waals surface area contributed by atoms with Gasteiger partial charge >= 0.3 is 0 Å². The Morgan fingerprint density at radius 3 is 2.65 bits per heavy atom. The Bertz CT molecular complexity index is 766. The van der Waals surface area contributed by atoms with Crippen LogP contribution in [0, 0.1) is 6.92 Å². The molecule has 0 saturated carbocycles. The first-order chi connectivity index (χ1) is 11.0. The van der Waals surface area contributed by atoms with Crippen LogP contribution in [0.5, 0.6) is 0 Å². The van der Waals surface area contributed by atoms with Gasteiger partial charge < -0.3 is 9.32 Å². The Kier molecular flexibility index (Phi) is 4.07. The van der Waals surface area contributed by atoms with E-state index in [2.05, 4.69) is 19.1 Å². The molecule has 23 heavy (non-hydrogen) atoms. The SMILES string of the molecule is Cc1cc(=O)cc(C(=O)N2CCC[C@@](C)(c3ccccc3)C2)o1. The van der Waals surface area contributed by atoms with Crippen LogP contribution in [0.2, 0.25) is 0 Å². The molecule has 0 unspecified atom stereocenters. The van der Waals surface area contributed by atoms with Gasteiger partial charge in [-0.25, -0.2) is 0 Å². The normalized spacial score (nSPS) is 21.2. The van der Waals surface area contributed by atoms with E-state index in [0.717, 1.165) is 12.8 Å². The first kappa shape index (κ1) is 15.5. The molecule has 1 amide bonds. The van der Waals surface area contributed by atoms with Gasteiger partial charge in [-0.2, -0.15) is 0 Å². The van der Waals surface area contributed by atoms with Crippen LogP contribution >= 0.6 is 0 Å². The topological polar surface area (TPSA) is 50.5 Å². The van der Waals surface area contributed by atoms with Crippen molar-refractivity contribution in [3.8, 4) is 0 Å². The van der Waals surface area contributed by atoms with Crippen LogP contribution in [-0.4, -0.2) is 23.9 Å². The molecule has 3 rings (SSSR count). The minimum absolute atomic E-state index is 0.0701. The summed E-state index contributed by atoms with van der Waals surface area (Å²) in [6.07, 6.45) is 1.98. The second-order valence-electron chi connectivity index (χ2n) is 6.52. The van der Waals surface area contributed by atoms with Crippen LogP contribution in [0.25, 0.3) is 0 Å². The van der Waals surface area contributed by atoms with E-state index in [-0.39, 0.29) is 22.5 Å². The predicted molar refractivity (Wildman–Crippen MR) is 88.6 cm³/mol. The van der Waals surface area contributed by atoms with E-state index in [1.807, 2.05) is 18.2 Å². The lowest BCUT2D eigenvalue weighted by Gasteiger charge is -2.40. The molecular formula is C19H21NO3. The summed E-state index contributed by atoms with van der Waals surface area (Å²) in [5, 5.41) is 0. The molecule has 2 aromatic rings. The first-order valence-corrected chi connectivity index (χ1v) is 7.95. The maximum atomic E-state index is 12.7. The van der Waals surface area contributed by atoms with Crippen molar-refractivity contribution in [1.82, 2.24) is 4.90 Å². The van der Waals surface area contributed by atoms with E-state index in [1.165, 1.54) is 17.7 Å². The van der Waals surface area contributed by atoms with Crippen LogP contribution in [0.3, 0.4) is 0 Å². The number of hydrogen-bond acceptors (Lipinski definition) is 3. The molecule has 0 aliphatic carbocycles. The van der Waals surface area contributed by atoms with Crippen molar-refractivity contribution >= 4 is 5.91 Å². The molecule has 1 fully saturated rings. The van der Waals surface area contributed by atoms with Crippen LogP contribution in [0.1, 0.15) is 41.6 Å². The van der Waals surface area contributed by atoms with Crippen molar-refractivity contribution in [2.45, 2.75) is 32.1 Å². The lowest BCUT2D eigenvalue weighted by molar-refractivity contribution is 0.0614. The largest absolute Gasteiger partial charge is 0.456 e. The monoisotopic (exact) mass is 311 g/mol. The van der Waals surface area contributed by atoms with E-state index >= 15 is 0 Å². The molecule has 1 saturated heterocycles. The second-order valence-corrected chi connectivity index (χ2v) is 6.52. The van der Waals surface area contributed by atoms with Gasteiger partial charge in [-0.05, 0) is 25.3 Å². The number of benzene rings is 1. The van der Waals surface area contributed by atoms with Crippen molar-refractivity contribution in [3.05, 3.63) is 69.8 Å². The molecule has 0 radical (unpaired) electrons. The number of likely N-dealkylation sites (tertiary alicyclic amines) is 1. The molecule has 4 nitrogen and oxygen atoms in total. The van der Waals surface area contributed by atoms with E-state index in [1.54, 1.807) is 11.8 Å². The highest BCUT2D eigenvalue weighted by atomic mass is 16.3. The second kappa shape index (κ2) is 6.03. The molecule has 0 spiro atoms. The molecule has 1 atom stereocenters. The molecule has 1 aromatic heterocycles.